The number of carbonyl (C=O) groups is 3. The second-order valence-electron chi connectivity index (χ2n) is 7.52. The smallest absolute Gasteiger partial charge is 0.261 e. The molecule has 2 aliphatic rings. The fourth-order valence-electron chi connectivity index (χ4n) is 3.86. The van der Waals surface area contributed by atoms with Gasteiger partial charge >= 0.3 is 0 Å². The molecule has 31 heavy (non-hydrogen) atoms. The summed E-state index contributed by atoms with van der Waals surface area (Å²) in [6.07, 6.45) is 4.86. The fraction of sp³-hybridized carbons (Fsp3) is 0.286. The van der Waals surface area contributed by atoms with Gasteiger partial charge in [-0.2, -0.15) is 4.98 Å². The van der Waals surface area contributed by atoms with E-state index in [1.807, 2.05) is 0 Å². The number of aromatic nitrogens is 3. The van der Waals surface area contributed by atoms with E-state index in [1.165, 1.54) is 30.9 Å². The number of furan rings is 1. The number of carbonyl (C=O) groups excluding carboxylic acids is 3. The highest BCUT2D eigenvalue weighted by atomic mass is 16.3. The molecule has 0 aliphatic carbocycles. The number of fused-ring (bicyclic) bond motifs is 1. The average Bonchev–Trinajstić information content (AvgIpc) is 3.53. The van der Waals surface area contributed by atoms with Crippen molar-refractivity contribution in [3.05, 3.63) is 59.0 Å². The van der Waals surface area contributed by atoms with Crippen molar-refractivity contribution in [1.29, 1.82) is 0 Å². The molecule has 2 aliphatic heterocycles. The number of benzene rings is 1. The predicted octanol–water partition coefficient (Wildman–Crippen LogP) is 2.44. The van der Waals surface area contributed by atoms with Crippen molar-refractivity contribution < 1.29 is 18.8 Å². The molecule has 10 heteroatoms. The Morgan fingerprint density at radius 1 is 1.10 bits per heavy atom. The van der Waals surface area contributed by atoms with Crippen LogP contribution in [0.15, 0.2) is 41.0 Å². The van der Waals surface area contributed by atoms with E-state index in [4.69, 9.17) is 4.42 Å². The molecule has 158 valence electrons. The van der Waals surface area contributed by atoms with Crippen LogP contribution in [0.25, 0.3) is 0 Å². The van der Waals surface area contributed by atoms with Crippen molar-refractivity contribution in [2.75, 3.05) is 23.3 Å². The summed E-state index contributed by atoms with van der Waals surface area (Å²) in [5.74, 6) is -0.0368. The molecule has 10 nitrogen and oxygen atoms in total. The number of H-pyrrole nitrogens is 1. The van der Waals surface area contributed by atoms with Gasteiger partial charge in [-0.05, 0) is 49.6 Å². The number of imide groups is 1. The van der Waals surface area contributed by atoms with Crippen molar-refractivity contribution in [3.63, 3.8) is 0 Å². The number of aromatic amines is 1. The molecule has 3 amide bonds. The quantitative estimate of drug-likeness (QED) is 0.608. The molecule has 1 aromatic carbocycles. The summed E-state index contributed by atoms with van der Waals surface area (Å²) in [6, 6.07) is 7.81. The van der Waals surface area contributed by atoms with Crippen LogP contribution in [0.1, 0.15) is 56.1 Å². The summed E-state index contributed by atoms with van der Waals surface area (Å²) in [4.78, 5) is 45.5. The van der Waals surface area contributed by atoms with Crippen molar-refractivity contribution in [3.8, 4) is 0 Å². The summed E-state index contributed by atoms with van der Waals surface area (Å²) in [7, 11) is 0. The molecule has 1 saturated heterocycles. The van der Waals surface area contributed by atoms with E-state index in [2.05, 4.69) is 25.4 Å². The minimum absolute atomic E-state index is 0.0399. The van der Waals surface area contributed by atoms with Gasteiger partial charge in [0.15, 0.2) is 0 Å². The van der Waals surface area contributed by atoms with Crippen LogP contribution in [0, 0.1) is 0 Å². The van der Waals surface area contributed by atoms with Crippen molar-refractivity contribution in [2.45, 2.75) is 25.8 Å². The first-order valence-electron chi connectivity index (χ1n) is 10.1. The lowest BCUT2D eigenvalue weighted by atomic mass is 10.1. The highest BCUT2D eigenvalue weighted by Gasteiger charge is 2.36. The van der Waals surface area contributed by atoms with Gasteiger partial charge in [-0.15, -0.1) is 5.10 Å². The number of piperidine rings is 1. The first kappa shape index (κ1) is 19.0. The lowest BCUT2D eigenvalue weighted by molar-refractivity contribution is 0.0631. The number of rotatable bonds is 5. The summed E-state index contributed by atoms with van der Waals surface area (Å²) in [6.45, 7) is 1.82. The lowest BCUT2D eigenvalue weighted by Gasteiger charge is -2.24. The predicted molar refractivity (Wildman–Crippen MR) is 110 cm³/mol. The van der Waals surface area contributed by atoms with Gasteiger partial charge < -0.3 is 9.32 Å². The highest BCUT2D eigenvalue weighted by molar-refractivity contribution is 6.22. The van der Waals surface area contributed by atoms with Gasteiger partial charge in [-0.25, -0.2) is 5.10 Å². The highest BCUT2D eigenvalue weighted by Crippen LogP contribution is 2.26. The van der Waals surface area contributed by atoms with E-state index in [-0.39, 0.29) is 29.2 Å². The molecule has 0 spiro atoms. The Bertz CT molecular complexity index is 1150. The largest absolute Gasteiger partial charge is 0.467 e. The summed E-state index contributed by atoms with van der Waals surface area (Å²) >= 11 is 0. The van der Waals surface area contributed by atoms with Crippen LogP contribution in [0.5, 0.6) is 0 Å². The Labute approximate surface area is 177 Å². The maximum absolute atomic E-state index is 12.7. The fourth-order valence-corrected chi connectivity index (χ4v) is 3.86. The van der Waals surface area contributed by atoms with E-state index in [9.17, 15) is 14.4 Å². The summed E-state index contributed by atoms with van der Waals surface area (Å²) < 4.78 is 5.24. The molecule has 3 aromatic rings. The van der Waals surface area contributed by atoms with Gasteiger partial charge in [0.05, 0.1) is 23.9 Å². The lowest BCUT2D eigenvalue weighted by Crippen LogP contribution is -2.30. The van der Waals surface area contributed by atoms with Crippen molar-refractivity contribution in [1.82, 2.24) is 20.1 Å². The molecule has 0 radical (unpaired) electrons. The topological polar surface area (TPSA) is 124 Å². The number of anilines is 2. The third kappa shape index (κ3) is 3.56. The summed E-state index contributed by atoms with van der Waals surface area (Å²) in [5, 5.41) is 9.56. The van der Waals surface area contributed by atoms with E-state index in [1.54, 1.807) is 12.1 Å². The van der Waals surface area contributed by atoms with Crippen molar-refractivity contribution >= 4 is 29.6 Å². The Kier molecular flexibility index (Phi) is 4.73. The van der Waals surface area contributed by atoms with Gasteiger partial charge in [-0.1, -0.05) is 0 Å². The average molecular weight is 420 g/mol. The monoisotopic (exact) mass is 420 g/mol. The minimum atomic E-state index is -0.460. The molecule has 2 aromatic heterocycles. The molecule has 1 fully saturated rings. The second-order valence-corrected chi connectivity index (χ2v) is 7.52. The Hall–Kier alpha value is -3.95. The Balaban J connectivity index is 1.31. The normalized spacial score (nSPS) is 16.0. The number of hydrogen-bond donors (Lipinski definition) is 2. The third-order valence-corrected chi connectivity index (χ3v) is 5.47. The van der Waals surface area contributed by atoms with Gasteiger partial charge in [0.2, 0.25) is 11.9 Å². The van der Waals surface area contributed by atoms with Gasteiger partial charge in [0, 0.05) is 18.7 Å². The maximum Gasteiger partial charge on any atom is 0.261 e. The number of hydrogen-bond acceptors (Lipinski definition) is 7. The third-order valence-electron chi connectivity index (χ3n) is 5.47. The van der Waals surface area contributed by atoms with E-state index < -0.39 is 17.7 Å². The first-order valence-corrected chi connectivity index (χ1v) is 10.1. The molecule has 4 heterocycles. The zero-order chi connectivity index (χ0) is 21.4. The molecule has 0 saturated carbocycles. The molecule has 0 atom stereocenters. The number of amides is 3. The Morgan fingerprint density at radius 3 is 2.68 bits per heavy atom. The standard InChI is InChI=1S/C21H20N6O4/c28-17(22-20-23-21(25-24-20)26-8-2-1-3-9-26)13-6-7-15-16(11-13)19(30)27(18(15)29)12-14-5-4-10-31-14/h4-7,10-11H,1-3,8-9,12H2,(H2,22,23,24,25,28). The molecule has 0 bridgehead atoms. The van der Waals surface area contributed by atoms with E-state index >= 15 is 0 Å². The van der Waals surface area contributed by atoms with Crippen LogP contribution < -0.4 is 10.2 Å². The van der Waals surface area contributed by atoms with Crippen LogP contribution in [0.4, 0.5) is 11.9 Å². The van der Waals surface area contributed by atoms with Crippen LogP contribution in [-0.4, -0.2) is 50.9 Å². The molecular formula is C21H20N6O4. The second kappa shape index (κ2) is 7.71. The zero-order valence-electron chi connectivity index (χ0n) is 16.6. The minimum Gasteiger partial charge on any atom is -0.467 e. The zero-order valence-corrected chi connectivity index (χ0v) is 16.6. The first-order chi connectivity index (χ1) is 15.1. The number of nitrogens with one attached hydrogen (secondary N) is 2. The van der Waals surface area contributed by atoms with Crippen LogP contribution in [0.2, 0.25) is 0 Å². The maximum atomic E-state index is 12.7. The van der Waals surface area contributed by atoms with E-state index in [0.717, 1.165) is 30.8 Å². The van der Waals surface area contributed by atoms with Gasteiger partial charge in [0.1, 0.15) is 5.76 Å². The molecule has 0 unspecified atom stereocenters. The van der Waals surface area contributed by atoms with Crippen molar-refractivity contribution in [2.24, 2.45) is 0 Å². The SMILES string of the molecule is O=C(Nc1nc(N2CCCCC2)n[nH]1)c1ccc2c(c1)C(=O)N(Cc1ccco1)C2=O. The number of nitrogens with zero attached hydrogens (tertiary/aromatic N) is 4. The molecular weight excluding hydrogens is 400 g/mol. The van der Waals surface area contributed by atoms with Crippen LogP contribution in [-0.2, 0) is 6.54 Å². The van der Waals surface area contributed by atoms with Crippen LogP contribution in [0.3, 0.4) is 0 Å². The molecule has 5 rings (SSSR count). The van der Waals surface area contributed by atoms with Gasteiger partial charge in [-0.3, -0.25) is 24.6 Å². The van der Waals surface area contributed by atoms with E-state index in [0.29, 0.717) is 11.7 Å². The summed E-state index contributed by atoms with van der Waals surface area (Å²) in [5.41, 5.74) is 0.701. The Morgan fingerprint density at radius 2 is 1.90 bits per heavy atom. The molecule has 2 N–H and O–H groups in total. The van der Waals surface area contributed by atoms with Gasteiger partial charge in [0.25, 0.3) is 17.7 Å². The van der Waals surface area contributed by atoms with Crippen LogP contribution >= 0.6 is 0 Å².